The molecule has 2 heteroatoms. The van der Waals surface area contributed by atoms with Crippen LogP contribution in [0.5, 0.6) is 5.75 Å². The maximum Gasteiger partial charge on any atom is 0.118 e. The van der Waals surface area contributed by atoms with E-state index in [0.29, 0.717) is 0 Å². The second kappa shape index (κ2) is 14.2. The molecule has 28 heavy (non-hydrogen) atoms. The van der Waals surface area contributed by atoms with Gasteiger partial charge in [-0.25, -0.2) is 0 Å². The summed E-state index contributed by atoms with van der Waals surface area (Å²) in [5, 5.41) is 0. The molecule has 0 saturated carbocycles. The molecule has 0 unspecified atom stereocenters. The van der Waals surface area contributed by atoms with Gasteiger partial charge in [0.25, 0.3) is 0 Å². The zero-order chi connectivity index (χ0) is 19.9. The molecule has 0 radical (unpaired) electrons. The molecule has 2 nitrogen and oxygen atoms in total. The van der Waals surface area contributed by atoms with E-state index in [-0.39, 0.29) is 0 Å². The Morgan fingerprint density at radius 2 is 1.32 bits per heavy atom. The van der Waals surface area contributed by atoms with Crippen LogP contribution in [-0.2, 0) is 13.0 Å². The Morgan fingerprint density at radius 1 is 0.679 bits per heavy atom. The molecule has 2 aromatic carbocycles. The average Bonchev–Trinajstić information content (AvgIpc) is 2.75. The number of rotatable bonds is 15. The number of benzene rings is 2. The fourth-order valence-electron chi connectivity index (χ4n) is 3.66. The number of hydrogen-bond donors (Lipinski definition) is 0. The van der Waals surface area contributed by atoms with Gasteiger partial charge in [0.1, 0.15) is 5.75 Å². The quantitative estimate of drug-likeness (QED) is 0.312. The van der Waals surface area contributed by atoms with Crippen LogP contribution < -0.4 is 4.74 Å². The zero-order valence-electron chi connectivity index (χ0n) is 18.0. The summed E-state index contributed by atoms with van der Waals surface area (Å²) in [5.74, 6) is 0.933. The number of ether oxygens (including phenoxy) is 1. The molecule has 0 spiro atoms. The van der Waals surface area contributed by atoms with Crippen molar-refractivity contribution in [2.24, 2.45) is 0 Å². The lowest BCUT2D eigenvalue weighted by Crippen LogP contribution is -2.27. The van der Waals surface area contributed by atoms with E-state index in [1.165, 1.54) is 69.0 Å². The molecule has 0 heterocycles. The van der Waals surface area contributed by atoms with Crippen LogP contribution in [0.1, 0.15) is 69.4 Å². The summed E-state index contributed by atoms with van der Waals surface area (Å²) < 4.78 is 5.29. The molecule has 0 bridgehead atoms. The van der Waals surface area contributed by atoms with Crippen molar-refractivity contribution >= 4 is 0 Å². The third-order valence-corrected chi connectivity index (χ3v) is 5.45. The van der Waals surface area contributed by atoms with Crippen LogP contribution >= 0.6 is 0 Å². The zero-order valence-corrected chi connectivity index (χ0v) is 18.0. The van der Waals surface area contributed by atoms with Crippen molar-refractivity contribution in [2.75, 3.05) is 20.2 Å². The van der Waals surface area contributed by atoms with Crippen molar-refractivity contribution in [2.45, 2.75) is 71.3 Å². The molecule has 0 fully saturated rings. The lowest BCUT2D eigenvalue weighted by atomic mass is 10.1. The molecule has 0 N–H and O–H groups in total. The minimum atomic E-state index is 0.933. The number of methoxy groups -OCH3 is 1. The first-order valence-corrected chi connectivity index (χ1v) is 11.2. The summed E-state index contributed by atoms with van der Waals surface area (Å²) in [7, 11) is 1.73. The highest BCUT2D eigenvalue weighted by Crippen LogP contribution is 2.15. The summed E-state index contributed by atoms with van der Waals surface area (Å²) in [6.07, 6.45) is 12.1. The van der Waals surface area contributed by atoms with E-state index in [4.69, 9.17) is 4.74 Å². The SMILES string of the molecule is CCCCCCCCCCN(CCc1ccccc1)Cc1ccc(OC)cc1. The third kappa shape index (κ3) is 9.41. The molecule has 2 aromatic rings. The third-order valence-electron chi connectivity index (χ3n) is 5.45. The summed E-state index contributed by atoms with van der Waals surface area (Å²) in [4.78, 5) is 2.62. The smallest absolute Gasteiger partial charge is 0.118 e. The van der Waals surface area contributed by atoms with Gasteiger partial charge in [-0.2, -0.15) is 0 Å². The van der Waals surface area contributed by atoms with E-state index >= 15 is 0 Å². The largest absolute Gasteiger partial charge is 0.497 e. The van der Waals surface area contributed by atoms with Crippen LogP contribution in [0.15, 0.2) is 54.6 Å². The number of nitrogens with zero attached hydrogens (tertiary/aromatic N) is 1. The first kappa shape index (κ1) is 22.5. The maximum atomic E-state index is 5.29. The van der Waals surface area contributed by atoms with E-state index in [1.807, 2.05) is 0 Å². The first-order valence-electron chi connectivity index (χ1n) is 11.2. The topological polar surface area (TPSA) is 12.5 Å². The molecule has 154 valence electrons. The highest BCUT2D eigenvalue weighted by Gasteiger charge is 2.07. The summed E-state index contributed by atoms with van der Waals surface area (Å²) in [6.45, 7) is 5.61. The molecular formula is C26H39NO. The van der Waals surface area contributed by atoms with E-state index in [2.05, 4.69) is 66.4 Å². The van der Waals surface area contributed by atoms with Crippen LogP contribution in [0.25, 0.3) is 0 Å². The Bertz CT molecular complexity index is 608. The number of unbranched alkanes of at least 4 members (excludes halogenated alkanes) is 7. The monoisotopic (exact) mass is 381 g/mol. The Kier molecular flexibility index (Phi) is 11.4. The van der Waals surface area contributed by atoms with Gasteiger partial charge >= 0.3 is 0 Å². The first-order chi connectivity index (χ1) is 13.8. The molecule has 0 aliphatic heterocycles. The molecule has 0 aliphatic rings. The van der Waals surface area contributed by atoms with E-state index in [9.17, 15) is 0 Å². The fourth-order valence-corrected chi connectivity index (χ4v) is 3.66. The minimum absolute atomic E-state index is 0.933. The predicted octanol–water partition coefficient (Wildman–Crippen LogP) is 6.88. The number of hydrogen-bond acceptors (Lipinski definition) is 2. The van der Waals surface area contributed by atoms with Gasteiger partial charge in [0.15, 0.2) is 0 Å². The van der Waals surface area contributed by atoms with Gasteiger partial charge in [-0.15, -0.1) is 0 Å². The van der Waals surface area contributed by atoms with Gasteiger partial charge in [-0.05, 0) is 42.6 Å². The van der Waals surface area contributed by atoms with Crippen molar-refractivity contribution in [3.8, 4) is 5.75 Å². The predicted molar refractivity (Wildman–Crippen MR) is 121 cm³/mol. The highest BCUT2D eigenvalue weighted by atomic mass is 16.5. The van der Waals surface area contributed by atoms with E-state index < -0.39 is 0 Å². The van der Waals surface area contributed by atoms with Crippen LogP contribution in [0.3, 0.4) is 0 Å². The Balaban J connectivity index is 1.77. The van der Waals surface area contributed by atoms with Crippen LogP contribution in [0, 0.1) is 0 Å². The van der Waals surface area contributed by atoms with Gasteiger partial charge < -0.3 is 4.74 Å². The normalized spacial score (nSPS) is 11.1. The second-order valence-corrected chi connectivity index (χ2v) is 7.83. The average molecular weight is 382 g/mol. The fraction of sp³-hybridized carbons (Fsp3) is 0.538. The molecule has 0 aromatic heterocycles. The molecule has 2 rings (SSSR count). The van der Waals surface area contributed by atoms with Crippen LogP contribution in [-0.4, -0.2) is 25.1 Å². The van der Waals surface area contributed by atoms with Crippen molar-refractivity contribution in [1.29, 1.82) is 0 Å². The molecule has 0 amide bonds. The Hall–Kier alpha value is -1.80. The molecule has 0 aliphatic carbocycles. The van der Waals surface area contributed by atoms with Gasteiger partial charge in [0.2, 0.25) is 0 Å². The summed E-state index contributed by atoms with van der Waals surface area (Å²) in [5.41, 5.74) is 2.80. The van der Waals surface area contributed by atoms with Crippen LogP contribution in [0.4, 0.5) is 0 Å². The standard InChI is InChI=1S/C26H39NO/c1-3-4-5-6-7-8-9-13-21-27(22-20-24-14-11-10-12-15-24)23-25-16-18-26(28-2)19-17-25/h10-12,14-19H,3-9,13,20-23H2,1-2H3. The van der Waals surface area contributed by atoms with Crippen LogP contribution in [0.2, 0.25) is 0 Å². The molecular weight excluding hydrogens is 342 g/mol. The van der Waals surface area contributed by atoms with Crippen molar-refractivity contribution in [3.63, 3.8) is 0 Å². The van der Waals surface area contributed by atoms with E-state index in [0.717, 1.165) is 25.3 Å². The highest BCUT2D eigenvalue weighted by molar-refractivity contribution is 5.27. The summed E-state index contributed by atoms with van der Waals surface area (Å²) in [6, 6.07) is 19.4. The van der Waals surface area contributed by atoms with Crippen molar-refractivity contribution < 1.29 is 4.74 Å². The van der Waals surface area contributed by atoms with Gasteiger partial charge in [-0.1, -0.05) is 94.3 Å². The van der Waals surface area contributed by atoms with Gasteiger partial charge in [-0.3, -0.25) is 4.90 Å². The van der Waals surface area contributed by atoms with E-state index in [1.54, 1.807) is 7.11 Å². The molecule has 0 saturated heterocycles. The lowest BCUT2D eigenvalue weighted by molar-refractivity contribution is 0.261. The second-order valence-electron chi connectivity index (χ2n) is 7.83. The van der Waals surface area contributed by atoms with Gasteiger partial charge in [0, 0.05) is 13.1 Å². The Labute approximate surface area is 172 Å². The lowest BCUT2D eigenvalue weighted by Gasteiger charge is -2.23. The summed E-state index contributed by atoms with van der Waals surface area (Å²) >= 11 is 0. The van der Waals surface area contributed by atoms with Crippen molar-refractivity contribution in [3.05, 3.63) is 65.7 Å². The maximum absolute atomic E-state index is 5.29. The van der Waals surface area contributed by atoms with Gasteiger partial charge in [0.05, 0.1) is 7.11 Å². The van der Waals surface area contributed by atoms with Crippen molar-refractivity contribution in [1.82, 2.24) is 4.90 Å². The molecule has 0 atom stereocenters. The minimum Gasteiger partial charge on any atom is -0.497 e. The Morgan fingerprint density at radius 3 is 1.96 bits per heavy atom.